The van der Waals surface area contributed by atoms with E-state index in [-0.39, 0.29) is 0 Å². The first-order valence-electron chi connectivity index (χ1n) is 3.95. The standard InChI is InChI=1S/C9H9N3O/c13-7-9(11-5-6-12-9)8-1-3-10-4-2-8/h1-7,11-12H. The molecule has 0 bridgehead atoms. The number of carbonyl (C=O) groups is 1. The van der Waals surface area contributed by atoms with Gasteiger partial charge in [0.15, 0.2) is 11.9 Å². The summed E-state index contributed by atoms with van der Waals surface area (Å²) in [7, 11) is 0. The third-order valence-corrected chi connectivity index (χ3v) is 2.02. The molecule has 0 amide bonds. The van der Waals surface area contributed by atoms with E-state index in [9.17, 15) is 4.79 Å². The zero-order valence-electron chi connectivity index (χ0n) is 6.90. The van der Waals surface area contributed by atoms with Crippen LogP contribution in [-0.4, -0.2) is 11.3 Å². The lowest BCUT2D eigenvalue weighted by Gasteiger charge is -2.24. The van der Waals surface area contributed by atoms with E-state index in [4.69, 9.17) is 0 Å². The lowest BCUT2D eigenvalue weighted by molar-refractivity contribution is -0.113. The number of hydrogen-bond acceptors (Lipinski definition) is 4. The molecule has 0 fully saturated rings. The fourth-order valence-electron chi connectivity index (χ4n) is 1.31. The van der Waals surface area contributed by atoms with E-state index in [1.807, 2.05) is 0 Å². The number of pyridine rings is 1. The molecule has 0 aromatic carbocycles. The van der Waals surface area contributed by atoms with Gasteiger partial charge < -0.3 is 10.6 Å². The molecule has 0 unspecified atom stereocenters. The minimum absolute atomic E-state index is 0.803. The van der Waals surface area contributed by atoms with E-state index >= 15 is 0 Å². The molecule has 0 aliphatic carbocycles. The van der Waals surface area contributed by atoms with Crippen molar-refractivity contribution in [3.05, 3.63) is 42.5 Å². The van der Waals surface area contributed by atoms with E-state index in [0.29, 0.717) is 0 Å². The Morgan fingerprint density at radius 1 is 1.23 bits per heavy atom. The Kier molecular flexibility index (Phi) is 1.73. The molecule has 1 aromatic rings. The van der Waals surface area contributed by atoms with E-state index in [1.54, 1.807) is 36.9 Å². The molecule has 0 saturated heterocycles. The van der Waals surface area contributed by atoms with Gasteiger partial charge in [0.2, 0.25) is 0 Å². The van der Waals surface area contributed by atoms with Gasteiger partial charge in [0.1, 0.15) is 0 Å². The van der Waals surface area contributed by atoms with E-state index in [0.717, 1.165) is 11.8 Å². The van der Waals surface area contributed by atoms with Crippen LogP contribution >= 0.6 is 0 Å². The average Bonchev–Trinajstić information content (AvgIpc) is 2.69. The summed E-state index contributed by atoms with van der Waals surface area (Å²) in [5, 5.41) is 5.90. The lowest BCUT2D eigenvalue weighted by atomic mass is 10.0. The number of aldehydes is 1. The maximum atomic E-state index is 10.9. The Labute approximate surface area is 75.7 Å². The predicted octanol–water partition coefficient (Wildman–Crippen LogP) is 0.0973. The number of hydrogen-bond donors (Lipinski definition) is 2. The van der Waals surface area contributed by atoms with Crippen molar-refractivity contribution in [3.63, 3.8) is 0 Å². The van der Waals surface area contributed by atoms with Crippen LogP contribution in [0.2, 0.25) is 0 Å². The number of nitrogens with zero attached hydrogens (tertiary/aromatic N) is 1. The highest BCUT2D eigenvalue weighted by Gasteiger charge is 2.31. The largest absolute Gasteiger partial charge is 0.358 e. The minimum Gasteiger partial charge on any atom is -0.358 e. The van der Waals surface area contributed by atoms with Crippen molar-refractivity contribution >= 4 is 6.29 Å². The molecule has 2 heterocycles. The highest BCUT2D eigenvalue weighted by atomic mass is 16.1. The van der Waals surface area contributed by atoms with Crippen molar-refractivity contribution in [1.82, 2.24) is 15.6 Å². The van der Waals surface area contributed by atoms with Crippen molar-refractivity contribution < 1.29 is 4.79 Å². The number of nitrogens with one attached hydrogen (secondary N) is 2. The van der Waals surface area contributed by atoms with Crippen LogP contribution in [0.15, 0.2) is 36.9 Å². The summed E-state index contributed by atoms with van der Waals surface area (Å²) < 4.78 is 0. The maximum absolute atomic E-state index is 10.9. The van der Waals surface area contributed by atoms with Gasteiger partial charge in [0, 0.05) is 30.4 Å². The molecule has 0 radical (unpaired) electrons. The van der Waals surface area contributed by atoms with Gasteiger partial charge in [-0.05, 0) is 12.1 Å². The zero-order chi connectivity index (χ0) is 9.15. The SMILES string of the molecule is O=CC1(c2ccncc2)NC=CN1. The first-order valence-corrected chi connectivity index (χ1v) is 3.95. The fourth-order valence-corrected chi connectivity index (χ4v) is 1.31. The Hall–Kier alpha value is -1.84. The predicted molar refractivity (Wildman–Crippen MR) is 47.4 cm³/mol. The summed E-state index contributed by atoms with van der Waals surface area (Å²) in [6, 6.07) is 3.59. The first-order chi connectivity index (χ1) is 6.37. The maximum Gasteiger partial charge on any atom is 0.191 e. The summed E-state index contributed by atoms with van der Waals surface area (Å²) >= 11 is 0. The van der Waals surface area contributed by atoms with Crippen molar-refractivity contribution in [1.29, 1.82) is 0 Å². The second kappa shape index (κ2) is 2.90. The normalized spacial score (nSPS) is 17.5. The average molecular weight is 175 g/mol. The molecule has 66 valence electrons. The minimum atomic E-state index is -0.803. The van der Waals surface area contributed by atoms with Gasteiger partial charge in [-0.3, -0.25) is 9.78 Å². The molecule has 13 heavy (non-hydrogen) atoms. The molecule has 4 nitrogen and oxygen atoms in total. The van der Waals surface area contributed by atoms with E-state index in [1.165, 1.54) is 0 Å². The Bertz CT molecular complexity index is 326. The molecule has 4 heteroatoms. The third-order valence-electron chi connectivity index (χ3n) is 2.02. The molecule has 0 spiro atoms. The molecular formula is C9H9N3O. The van der Waals surface area contributed by atoms with Gasteiger partial charge in [0.05, 0.1) is 0 Å². The molecule has 0 saturated carbocycles. The molecule has 0 atom stereocenters. The van der Waals surface area contributed by atoms with Gasteiger partial charge in [-0.15, -0.1) is 0 Å². The highest BCUT2D eigenvalue weighted by Crippen LogP contribution is 2.17. The van der Waals surface area contributed by atoms with Crippen LogP contribution in [0.3, 0.4) is 0 Å². The van der Waals surface area contributed by atoms with Crippen LogP contribution in [0.5, 0.6) is 0 Å². The van der Waals surface area contributed by atoms with Crippen LogP contribution in [0.1, 0.15) is 5.56 Å². The summed E-state index contributed by atoms with van der Waals surface area (Å²) in [5.74, 6) is 0. The highest BCUT2D eigenvalue weighted by molar-refractivity contribution is 5.68. The molecule has 1 aliphatic heterocycles. The second-order valence-electron chi connectivity index (χ2n) is 2.78. The Morgan fingerprint density at radius 2 is 1.85 bits per heavy atom. The van der Waals surface area contributed by atoms with Crippen molar-refractivity contribution in [2.24, 2.45) is 0 Å². The van der Waals surface area contributed by atoms with Crippen LogP contribution in [-0.2, 0) is 10.5 Å². The molecule has 2 N–H and O–H groups in total. The Morgan fingerprint density at radius 3 is 2.38 bits per heavy atom. The van der Waals surface area contributed by atoms with Crippen LogP contribution in [0.25, 0.3) is 0 Å². The van der Waals surface area contributed by atoms with Gasteiger partial charge >= 0.3 is 0 Å². The van der Waals surface area contributed by atoms with Crippen molar-refractivity contribution in [3.8, 4) is 0 Å². The summed E-state index contributed by atoms with van der Waals surface area (Å²) in [6.45, 7) is 0. The van der Waals surface area contributed by atoms with Gasteiger partial charge in [-0.1, -0.05) is 0 Å². The summed E-state index contributed by atoms with van der Waals surface area (Å²) in [5.41, 5.74) is 0.0469. The van der Waals surface area contributed by atoms with Gasteiger partial charge in [-0.2, -0.15) is 0 Å². The van der Waals surface area contributed by atoms with Crippen molar-refractivity contribution in [2.45, 2.75) is 5.66 Å². The van der Waals surface area contributed by atoms with E-state index in [2.05, 4.69) is 15.6 Å². The van der Waals surface area contributed by atoms with Crippen LogP contribution in [0, 0.1) is 0 Å². The second-order valence-corrected chi connectivity index (χ2v) is 2.78. The summed E-state index contributed by atoms with van der Waals surface area (Å²) in [4.78, 5) is 14.8. The third kappa shape index (κ3) is 1.16. The molecule has 2 rings (SSSR count). The van der Waals surface area contributed by atoms with Crippen LogP contribution < -0.4 is 10.6 Å². The Balaban J connectivity index is 2.38. The fraction of sp³-hybridized carbons (Fsp3) is 0.111. The number of carbonyl (C=O) groups excluding carboxylic acids is 1. The van der Waals surface area contributed by atoms with Gasteiger partial charge in [-0.25, -0.2) is 0 Å². The smallest absolute Gasteiger partial charge is 0.191 e. The summed E-state index contributed by atoms with van der Waals surface area (Å²) in [6.07, 6.45) is 7.55. The quantitative estimate of drug-likeness (QED) is 0.626. The lowest BCUT2D eigenvalue weighted by Crippen LogP contribution is -2.47. The van der Waals surface area contributed by atoms with Crippen LogP contribution in [0.4, 0.5) is 0 Å². The molecule has 1 aromatic heterocycles. The number of rotatable bonds is 2. The van der Waals surface area contributed by atoms with Crippen molar-refractivity contribution in [2.75, 3.05) is 0 Å². The molecular weight excluding hydrogens is 166 g/mol. The first kappa shape index (κ1) is 7.79. The topological polar surface area (TPSA) is 54.0 Å². The number of aromatic nitrogens is 1. The van der Waals surface area contributed by atoms with Gasteiger partial charge in [0.25, 0.3) is 0 Å². The van der Waals surface area contributed by atoms with E-state index < -0.39 is 5.66 Å². The monoisotopic (exact) mass is 175 g/mol. The molecule has 1 aliphatic rings. The zero-order valence-corrected chi connectivity index (χ0v) is 6.90.